The first-order valence-corrected chi connectivity index (χ1v) is 7.71. The fourth-order valence-electron chi connectivity index (χ4n) is 2.08. The molecule has 8 heteroatoms. The average Bonchev–Trinajstić information content (AvgIpc) is 2.66. The molecule has 0 spiro atoms. The van der Waals surface area contributed by atoms with Gasteiger partial charge in [0.25, 0.3) is 10.0 Å². The van der Waals surface area contributed by atoms with Gasteiger partial charge in [0.1, 0.15) is 4.90 Å². The number of carbonyl (C=O) groups is 1. The highest BCUT2D eigenvalue weighted by molar-refractivity contribution is 7.92. The molecule has 1 amide bonds. The number of pyridine rings is 2. The van der Waals surface area contributed by atoms with E-state index in [9.17, 15) is 13.2 Å². The summed E-state index contributed by atoms with van der Waals surface area (Å²) < 4.78 is 26.6. The zero-order valence-electron chi connectivity index (χ0n) is 10.9. The van der Waals surface area contributed by atoms with Crippen molar-refractivity contribution in [1.29, 1.82) is 0 Å². The number of aromatic nitrogens is 2. The van der Waals surface area contributed by atoms with E-state index in [4.69, 9.17) is 0 Å². The van der Waals surface area contributed by atoms with Crippen molar-refractivity contribution in [2.45, 2.75) is 11.3 Å². The van der Waals surface area contributed by atoms with Crippen LogP contribution in [0.4, 0.5) is 11.5 Å². The van der Waals surface area contributed by atoms with Crippen LogP contribution >= 0.6 is 0 Å². The smallest absolute Gasteiger partial charge is 0.267 e. The van der Waals surface area contributed by atoms with Crippen molar-refractivity contribution >= 4 is 27.4 Å². The largest absolute Gasteiger partial charge is 0.323 e. The number of rotatable bonds is 2. The van der Waals surface area contributed by atoms with Gasteiger partial charge in [-0.3, -0.25) is 9.78 Å². The molecule has 2 aromatic heterocycles. The molecule has 7 nitrogen and oxygen atoms in total. The summed E-state index contributed by atoms with van der Waals surface area (Å²) in [6.45, 7) is 0.0348. The molecule has 0 bridgehead atoms. The first-order chi connectivity index (χ1) is 10.1. The standard InChI is InChI=1S/C13H12N4O3S/c18-12-5-8-17(13-11(16-12)4-2-7-15-13)21(19,20)10-3-1-6-14-9-10/h1-4,6-7,9H,5,8H2,(H,16,18). The maximum atomic E-state index is 12.7. The molecule has 0 saturated carbocycles. The van der Waals surface area contributed by atoms with E-state index in [1.165, 1.54) is 24.7 Å². The Morgan fingerprint density at radius 2 is 2.00 bits per heavy atom. The van der Waals surface area contributed by atoms with Gasteiger partial charge in [0.15, 0.2) is 5.82 Å². The maximum absolute atomic E-state index is 12.7. The fourth-order valence-corrected chi connectivity index (χ4v) is 3.48. The third kappa shape index (κ3) is 2.45. The summed E-state index contributed by atoms with van der Waals surface area (Å²) in [5.41, 5.74) is 0.382. The van der Waals surface area contributed by atoms with Gasteiger partial charge in [-0.1, -0.05) is 0 Å². The van der Waals surface area contributed by atoms with E-state index in [0.29, 0.717) is 5.69 Å². The molecular formula is C13H12N4O3S. The van der Waals surface area contributed by atoms with E-state index in [1.807, 2.05) is 0 Å². The number of hydrogen-bond acceptors (Lipinski definition) is 5. The lowest BCUT2D eigenvalue weighted by atomic mass is 10.4. The van der Waals surface area contributed by atoms with E-state index in [-0.39, 0.29) is 29.6 Å². The Bertz CT molecular complexity index is 777. The number of nitrogens with one attached hydrogen (secondary N) is 1. The van der Waals surface area contributed by atoms with Crippen LogP contribution in [0.25, 0.3) is 0 Å². The predicted molar refractivity (Wildman–Crippen MR) is 76.3 cm³/mol. The van der Waals surface area contributed by atoms with Gasteiger partial charge in [0, 0.05) is 31.6 Å². The van der Waals surface area contributed by atoms with Gasteiger partial charge in [0.2, 0.25) is 5.91 Å². The topological polar surface area (TPSA) is 92.3 Å². The van der Waals surface area contributed by atoms with Crippen LogP contribution in [0.5, 0.6) is 0 Å². The molecule has 0 aromatic carbocycles. The second kappa shape index (κ2) is 5.13. The molecule has 1 aliphatic heterocycles. The first-order valence-electron chi connectivity index (χ1n) is 6.27. The lowest BCUT2D eigenvalue weighted by Gasteiger charge is -2.22. The van der Waals surface area contributed by atoms with Crippen molar-refractivity contribution in [3.63, 3.8) is 0 Å². The van der Waals surface area contributed by atoms with Gasteiger partial charge >= 0.3 is 0 Å². The molecule has 2 aromatic rings. The number of amides is 1. The SMILES string of the molecule is O=C1CCN(S(=O)(=O)c2cccnc2)c2ncccc2N1. The van der Waals surface area contributed by atoms with Crippen molar-refractivity contribution in [2.75, 3.05) is 16.2 Å². The highest BCUT2D eigenvalue weighted by Crippen LogP contribution is 2.30. The summed E-state index contributed by atoms with van der Waals surface area (Å²) in [4.78, 5) is 19.7. The Balaban J connectivity index is 2.12. The molecule has 3 rings (SSSR count). The zero-order valence-corrected chi connectivity index (χ0v) is 11.7. The summed E-state index contributed by atoms with van der Waals surface area (Å²) in [6, 6.07) is 6.27. The molecule has 0 radical (unpaired) electrons. The number of carbonyl (C=O) groups excluding carboxylic acids is 1. The van der Waals surface area contributed by atoms with Gasteiger partial charge < -0.3 is 5.32 Å². The van der Waals surface area contributed by atoms with Gasteiger partial charge in [-0.25, -0.2) is 17.7 Å². The summed E-state index contributed by atoms with van der Waals surface area (Å²) in [6.07, 6.45) is 4.33. The molecule has 0 saturated heterocycles. The third-order valence-corrected chi connectivity index (χ3v) is 4.83. The summed E-state index contributed by atoms with van der Waals surface area (Å²) >= 11 is 0. The van der Waals surface area contributed by atoms with Crippen LogP contribution in [0.15, 0.2) is 47.8 Å². The molecule has 21 heavy (non-hydrogen) atoms. The van der Waals surface area contributed by atoms with E-state index < -0.39 is 10.0 Å². The molecule has 0 fully saturated rings. The summed E-state index contributed by atoms with van der Waals surface area (Å²) in [7, 11) is -3.81. The Kier molecular flexibility index (Phi) is 3.30. The van der Waals surface area contributed by atoms with Crippen molar-refractivity contribution < 1.29 is 13.2 Å². The molecule has 0 aliphatic carbocycles. The van der Waals surface area contributed by atoms with Crippen LogP contribution in [-0.2, 0) is 14.8 Å². The Morgan fingerprint density at radius 1 is 1.19 bits per heavy atom. The predicted octanol–water partition coefficient (Wildman–Crippen LogP) is 1.01. The monoisotopic (exact) mass is 304 g/mol. The number of anilines is 2. The molecule has 3 heterocycles. The van der Waals surface area contributed by atoms with Crippen LogP contribution in [-0.4, -0.2) is 30.8 Å². The van der Waals surface area contributed by atoms with Crippen LogP contribution in [0.1, 0.15) is 6.42 Å². The Labute approximate surface area is 121 Å². The maximum Gasteiger partial charge on any atom is 0.267 e. The van der Waals surface area contributed by atoms with Crippen LogP contribution in [0.3, 0.4) is 0 Å². The molecule has 1 N–H and O–H groups in total. The molecule has 108 valence electrons. The highest BCUT2D eigenvalue weighted by atomic mass is 32.2. The lowest BCUT2D eigenvalue weighted by molar-refractivity contribution is -0.115. The summed E-state index contributed by atoms with van der Waals surface area (Å²) in [5, 5.41) is 2.65. The van der Waals surface area contributed by atoms with Gasteiger partial charge in [-0.05, 0) is 24.3 Å². The summed E-state index contributed by atoms with van der Waals surface area (Å²) in [5.74, 6) is -0.0275. The minimum Gasteiger partial charge on any atom is -0.323 e. The lowest BCUT2D eigenvalue weighted by Crippen LogP contribution is -2.32. The first kappa shape index (κ1) is 13.5. The second-order valence-corrected chi connectivity index (χ2v) is 6.30. The van der Waals surface area contributed by atoms with Crippen LogP contribution < -0.4 is 9.62 Å². The molecule has 0 atom stereocenters. The quantitative estimate of drug-likeness (QED) is 0.894. The van der Waals surface area contributed by atoms with Crippen LogP contribution in [0, 0.1) is 0 Å². The van der Waals surface area contributed by atoms with E-state index in [1.54, 1.807) is 18.2 Å². The van der Waals surface area contributed by atoms with Crippen molar-refractivity contribution in [1.82, 2.24) is 9.97 Å². The zero-order chi connectivity index (χ0) is 14.9. The second-order valence-electron chi connectivity index (χ2n) is 4.44. The van der Waals surface area contributed by atoms with E-state index in [0.717, 1.165) is 4.31 Å². The fraction of sp³-hybridized carbons (Fsp3) is 0.154. The van der Waals surface area contributed by atoms with Gasteiger partial charge in [0.05, 0.1) is 5.69 Å². The highest BCUT2D eigenvalue weighted by Gasteiger charge is 2.30. The van der Waals surface area contributed by atoms with E-state index in [2.05, 4.69) is 15.3 Å². The molecule has 0 unspecified atom stereocenters. The average molecular weight is 304 g/mol. The Hall–Kier alpha value is -2.48. The number of hydrogen-bond donors (Lipinski definition) is 1. The molecule has 1 aliphatic rings. The minimum absolute atomic E-state index is 0.0348. The van der Waals surface area contributed by atoms with Crippen molar-refractivity contribution in [3.05, 3.63) is 42.9 Å². The van der Waals surface area contributed by atoms with Gasteiger partial charge in [-0.2, -0.15) is 0 Å². The number of fused-ring (bicyclic) bond motifs is 1. The number of nitrogens with zero attached hydrogens (tertiary/aromatic N) is 3. The Morgan fingerprint density at radius 3 is 2.76 bits per heavy atom. The minimum atomic E-state index is -3.81. The third-order valence-electron chi connectivity index (χ3n) is 3.06. The van der Waals surface area contributed by atoms with Gasteiger partial charge in [-0.15, -0.1) is 0 Å². The number of sulfonamides is 1. The van der Waals surface area contributed by atoms with Crippen molar-refractivity contribution in [2.24, 2.45) is 0 Å². The normalized spacial score (nSPS) is 15.0. The molecular weight excluding hydrogens is 292 g/mol. The van der Waals surface area contributed by atoms with Crippen molar-refractivity contribution in [3.8, 4) is 0 Å². The van der Waals surface area contributed by atoms with E-state index >= 15 is 0 Å². The van der Waals surface area contributed by atoms with Crippen LogP contribution in [0.2, 0.25) is 0 Å².